The van der Waals surface area contributed by atoms with Gasteiger partial charge in [-0.2, -0.15) is 0 Å². The number of ketones is 1. The molecule has 0 radical (unpaired) electrons. The molecule has 51 heavy (non-hydrogen) atoms. The average Bonchev–Trinajstić information content (AvgIpc) is 3.07. The fourth-order valence-electron chi connectivity index (χ4n) is 9.66. The van der Waals surface area contributed by atoms with Gasteiger partial charge in [-0.1, -0.05) is 61.0 Å². The smallest absolute Gasteiger partial charge is 0.335 e. The number of carboxylic acids is 3. The van der Waals surface area contributed by atoms with E-state index in [1.807, 2.05) is 30.3 Å². The van der Waals surface area contributed by atoms with Gasteiger partial charge >= 0.3 is 11.9 Å². The Morgan fingerprint density at radius 1 is 0.980 bits per heavy atom. The Hall–Kier alpha value is -3.94. The second kappa shape index (κ2) is 15.3. The molecule has 2 aromatic rings. The molecule has 12 nitrogen and oxygen atoms in total. The predicted molar refractivity (Wildman–Crippen MR) is 187 cm³/mol. The number of aliphatic hydroxyl groups is 1. The maximum absolute atomic E-state index is 13.9. The molecule has 4 aliphatic carbocycles. The molecule has 278 valence electrons. The third-order valence-electron chi connectivity index (χ3n) is 12.1. The monoisotopic (exact) mass is 709 g/mol. The summed E-state index contributed by atoms with van der Waals surface area (Å²) in [5, 5.41) is 35.9. The second-order valence-electron chi connectivity index (χ2n) is 14.4. The molecular formula is C39H51NO11. The van der Waals surface area contributed by atoms with Crippen molar-refractivity contribution in [1.29, 1.82) is 0 Å². The van der Waals surface area contributed by atoms with E-state index in [4.69, 9.17) is 40.1 Å². The highest BCUT2D eigenvalue weighted by molar-refractivity contribution is 5.96. The topological polar surface area (TPSA) is 203 Å². The molecule has 3 saturated carbocycles. The third kappa shape index (κ3) is 6.64. The maximum atomic E-state index is 13.9. The Kier molecular flexibility index (Phi) is 12.0. The van der Waals surface area contributed by atoms with Crippen LogP contribution in [0.1, 0.15) is 81.8 Å². The van der Waals surface area contributed by atoms with Gasteiger partial charge in [-0.15, -0.1) is 0 Å². The van der Waals surface area contributed by atoms with Crippen molar-refractivity contribution in [3.63, 3.8) is 0 Å². The van der Waals surface area contributed by atoms with Gasteiger partial charge < -0.3 is 40.4 Å². The van der Waals surface area contributed by atoms with Gasteiger partial charge in [0.25, 0.3) is 5.97 Å². The lowest BCUT2D eigenvalue weighted by Crippen LogP contribution is -2.88. The van der Waals surface area contributed by atoms with E-state index in [0.717, 1.165) is 37.3 Å². The Morgan fingerprint density at radius 3 is 2.00 bits per heavy atom. The van der Waals surface area contributed by atoms with Gasteiger partial charge in [-0.25, -0.2) is 4.79 Å². The quantitative estimate of drug-likeness (QED) is 0.254. The first-order valence-electron chi connectivity index (χ1n) is 17.1. The van der Waals surface area contributed by atoms with E-state index < -0.39 is 46.5 Å². The van der Waals surface area contributed by atoms with Crippen LogP contribution in [0.4, 0.5) is 0 Å². The molecule has 1 aliphatic heterocycles. The molecule has 1 saturated heterocycles. The Balaban J connectivity index is 0.000000193. The molecule has 1 spiro atoms. The van der Waals surface area contributed by atoms with Crippen molar-refractivity contribution in [1.82, 2.24) is 0 Å². The Bertz CT molecular complexity index is 1630. The summed E-state index contributed by atoms with van der Waals surface area (Å²) in [5.74, 6) is -2.15. The van der Waals surface area contributed by atoms with Crippen LogP contribution in [-0.2, 0) is 28.6 Å². The lowest BCUT2D eigenvalue weighted by Gasteiger charge is -2.83. The molecule has 6 N–H and O–H groups in total. The molecule has 1 heterocycles. The van der Waals surface area contributed by atoms with Gasteiger partial charge in [-0.3, -0.25) is 14.4 Å². The van der Waals surface area contributed by atoms with Crippen LogP contribution >= 0.6 is 0 Å². The molecule has 12 heteroatoms. The predicted octanol–water partition coefficient (Wildman–Crippen LogP) is 4.90. The van der Waals surface area contributed by atoms with E-state index in [1.165, 1.54) is 5.57 Å². The summed E-state index contributed by atoms with van der Waals surface area (Å²) in [5.41, 5.74) is 6.85. The number of nitrogens with two attached hydrogens (primary N) is 1. The first-order chi connectivity index (χ1) is 24.0. The lowest BCUT2D eigenvalue weighted by atomic mass is 9.22. The van der Waals surface area contributed by atoms with Gasteiger partial charge in [0.05, 0.1) is 41.8 Å². The zero-order chi connectivity index (χ0) is 37.9. The summed E-state index contributed by atoms with van der Waals surface area (Å²) in [7, 11) is 3.32. The van der Waals surface area contributed by atoms with E-state index in [1.54, 1.807) is 44.6 Å². The zero-order valence-corrected chi connectivity index (χ0v) is 30.1. The minimum atomic E-state index is -0.879. The van der Waals surface area contributed by atoms with Crippen molar-refractivity contribution >= 4 is 23.7 Å². The number of carbonyl (C=O) groups excluding carboxylic acids is 1. The average molecular weight is 710 g/mol. The summed E-state index contributed by atoms with van der Waals surface area (Å²) < 4.78 is 17.6. The van der Waals surface area contributed by atoms with Crippen LogP contribution in [0.3, 0.4) is 0 Å². The standard InChI is InChI=1S/C21H30O5.C9H11NO2.C7H6O2.C2H4O2/c1-11-6-7-20(23)10-21-12-9-26-13(12)8-14(24-4)18(21,2)17(22)16(25-5)15(11)19(20,21)3;10-8(6-9(11)12)7-4-2-1-3-5-7;8-7(9)6-4-2-1-3-5-6;1-2(3)4/h12-14,16,23H,6-10H2,1-5H3;1-5,8H,6,10H2,(H,11,12);1-5H,(H,8,9);1H3,(H,3,4). The molecule has 0 aromatic heterocycles. The summed E-state index contributed by atoms with van der Waals surface area (Å²) in [4.78, 5) is 43.4. The van der Waals surface area contributed by atoms with E-state index >= 15 is 0 Å². The van der Waals surface area contributed by atoms with Crippen LogP contribution in [-0.4, -0.2) is 88.9 Å². The largest absolute Gasteiger partial charge is 0.481 e. The molecule has 9 unspecified atom stereocenters. The van der Waals surface area contributed by atoms with Crippen molar-refractivity contribution in [3.8, 4) is 0 Å². The van der Waals surface area contributed by atoms with Crippen molar-refractivity contribution < 1.29 is 53.8 Å². The van der Waals surface area contributed by atoms with Crippen LogP contribution in [0.15, 0.2) is 71.8 Å². The number of Topliss-reactive ketones (excluding diaryl/α,β-unsaturated/α-hetero) is 1. The number of carbonyl (C=O) groups is 4. The molecule has 0 bridgehead atoms. The summed E-state index contributed by atoms with van der Waals surface area (Å²) >= 11 is 0. The summed E-state index contributed by atoms with van der Waals surface area (Å²) in [6.07, 6.45) is 2.32. The van der Waals surface area contributed by atoms with Crippen LogP contribution in [0.25, 0.3) is 0 Å². The summed E-state index contributed by atoms with van der Waals surface area (Å²) in [6, 6.07) is 17.1. The van der Waals surface area contributed by atoms with Gasteiger partial charge in [0.1, 0.15) is 6.10 Å². The highest BCUT2D eigenvalue weighted by Crippen LogP contribution is 2.84. The molecule has 9 atom stereocenters. The zero-order valence-electron chi connectivity index (χ0n) is 30.1. The molecule has 4 fully saturated rings. The lowest BCUT2D eigenvalue weighted by molar-refractivity contribution is -0.387. The number of aromatic carboxylic acids is 1. The first kappa shape index (κ1) is 39.8. The van der Waals surface area contributed by atoms with Crippen LogP contribution in [0.5, 0.6) is 0 Å². The number of hydrogen-bond acceptors (Lipinski definition) is 9. The van der Waals surface area contributed by atoms with Crippen molar-refractivity contribution in [2.75, 3.05) is 20.8 Å². The van der Waals surface area contributed by atoms with Gasteiger partial charge in [0.2, 0.25) is 0 Å². The first-order valence-corrected chi connectivity index (χ1v) is 17.1. The Labute approximate surface area is 298 Å². The van der Waals surface area contributed by atoms with Gasteiger partial charge in [0.15, 0.2) is 5.78 Å². The number of methoxy groups -OCH3 is 2. The molecule has 5 aliphatic rings. The number of hydrogen-bond donors (Lipinski definition) is 5. The number of allylic oxidation sites excluding steroid dienone is 1. The minimum Gasteiger partial charge on any atom is -0.481 e. The van der Waals surface area contributed by atoms with Gasteiger partial charge in [-0.05, 0) is 56.4 Å². The van der Waals surface area contributed by atoms with Crippen LogP contribution in [0, 0.1) is 22.2 Å². The van der Waals surface area contributed by atoms with E-state index in [-0.39, 0.29) is 29.8 Å². The number of fused-ring (bicyclic) bond motifs is 1. The van der Waals surface area contributed by atoms with E-state index in [9.17, 15) is 19.5 Å². The number of rotatable bonds is 6. The number of ether oxygens (including phenoxy) is 3. The van der Waals surface area contributed by atoms with Crippen LogP contribution < -0.4 is 5.73 Å². The molecule has 7 rings (SSSR count). The fourth-order valence-corrected chi connectivity index (χ4v) is 9.66. The minimum absolute atomic E-state index is 0.0238. The normalized spacial score (nSPS) is 34.3. The maximum Gasteiger partial charge on any atom is 0.335 e. The SMILES string of the molecule is CC(=O)O.COC1C(=O)C2(C)C(OC)CC3OCC3C23CC2(O)CCC(C)=C1C23C.NC(CC(=O)O)c1ccccc1.O=C(O)c1ccccc1. The highest BCUT2D eigenvalue weighted by atomic mass is 16.5. The van der Waals surface area contributed by atoms with E-state index in [0.29, 0.717) is 24.5 Å². The number of aliphatic carboxylic acids is 2. The van der Waals surface area contributed by atoms with E-state index in [2.05, 4.69) is 20.8 Å². The van der Waals surface area contributed by atoms with Crippen molar-refractivity contribution in [2.24, 2.45) is 27.9 Å². The Morgan fingerprint density at radius 2 is 1.55 bits per heavy atom. The van der Waals surface area contributed by atoms with Gasteiger partial charge in [0, 0.05) is 50.4 Å². The number of carboxylic acid groups (broad SMARTS) is 3. The number of benzene rings is 2. The van der Waals surface area contributed by atoms with Crippen molar-refractivity contribution in [3.05, 3.63) is 82.9 Å². The highest BCUT2D eigenvalue weighted by Gasteiger charge is 2.88. The fraction of sp³-hybridized carbons (Fsp3) is 0.538. The second-order valence-corrected chi connectivity index (χ2v) is 14.4. The third-order valence-corrected chi connectivity index (χ3v) is 12.1. The van der Waals surface area contributed by atoms with Crippen LogP contribution in [0.2, 0.25) is 0 Å². The van der Waals surface area contributed by atoms with Crippen molar-refractivity contribution in [2.45, 2.75) is 89.8 Å². The molecule has 0 amide bonds. The molecule has 2 aromatic carbocycles. The summed E-state index contributed by atoms with van der Waals surface area (Å²) in [6.45, 7) is 8.15. The molecular weight excluding hydrogens is 658 g/mol.